The Bertz CT molecular complexity index is 441. The van der Waals surface area contributed by atoms with Gasteiger partial charge in [-0.1, -0.05) is 26.2 Å². The van der Waals surface area contributed by atoms with Gasteiger partial charge in [0.1, 0.15) is 0 Å². The molecule has 112 valence electrons. The molecule has 0 spiro atoms. The molecule has 4 heteroatoms. The molecular weight excluding hydrogens is 268 g/mol. The molecule has 0 amide bonds. The van der Waals surface area contributed by atoms with Crippen LogP contribution in [0.2, 0.25) is 0 Å². The van der Waals surface area contributed by atoms with Gasteiger partial charge in [-0.25, -0.2) is 4.98 Å². The SMILES string of the molecule is CC1(CO)CCCC1NCc1cnc(C2CCCC2)s1. The maximum absolute atomic E-state index is 9.59. The van der Waals surface area contributed by atoms with E-state index in [0.29, 0.717) is 12.6 Å². The number of nitrogens with zero attached hydrogens (tertiary/aromatic N) is 1. The smallest absolute Gasteiger partial charge is 0.0959 e. The Morgan fingerprint density at radius 2 is 2.15 bits per heavy atom. The lowest BCUT2D eigenvalue weighted by molar-refractivity contribution is 0.118. The first kappa shape index (κ1) is 14.5. The van der Waals surface area contributed by atoms with Crippen LogP contribution in [0.25, 0.3) is 0 Å². The lowest BCUT2D eigenvalue weighted by atomic mass is 9.86. The molecule has 20 heavy (non-hydrogen) atoms. The predicted octanol–water partition coefficient (Wildman–Crippen LogP) is 3.44. The second-order valence-electron chi connectivity index (χ2n) is 6.78. The van der Waals surface area contributed by atoms with Crippen molar-refractivity contribution in [1.82, 2.24) is 10.3 Å². The van der Waals surface area contributed by atoms with Crippen LogP contribution >= 0.6 is 11.3 Å². The first-order valence-corrected chi connectivity index (χ1v) is 8.82. The summed E-state index contributed by atoms with van der Waals surface area (Å²) in [4.78, 5) is 5.98. The van der Waals surface area contributed by atoms with Crippen molar-refractivity contribution in [2.45, 2.75) is 70.4 Å². The lowest BCUT2D eigenvalue weighted by Crippen LogP contribution is -2.41. The van der Waals surface area contributed by atoms with Gasteiger partial charge in [0.2, 0.25) is 0 Å². The van der Waals surface area contributed by atoms with Gasteiger partial charge >= 0.3 is 0 Å². The van der Waals surface area contributed by atoms with Gasteiger partial charge in [-0.15, -0.1) is 11.3 Å². The van der Waals surface area contributed by atoms with Crippen molar-refractivity contribution in [3.8, 4) is 0 Å². The summed E-state index contributed by atoms with van der Waals surface area (Å²) >= 11 is 1.89. The standard InChI is InChI=1S/C16H26N2OS/c1-16(11-19)8-4-7-14(16)17-9-13-10-18-15(20-13)12-5-2-3-6-12/h10,12,14,17,19H,2-9,11H2,1H3. The largest absolute Gasteiger partial charge is 0.396 e. The number of hydrogen-bond donors (Lipinski definition) is 2. The van der Waals surface area contributed by atoms with Crippen LogP contribution in [0.4, 0.5) is 0 Å². The van der Waals surface area contributed by atoms with E-state index < -0.39 is 0 Å². The molecule has 3 nitrogen and oxygen atoms in total. The Labute approximate surface area is 125 Å². The second-order valence-corrected chi connectivity index (χ2v) is 7.93. The minimum absolute atomic E-state index is 0.0684. The molecule has 0 aliphatic heterocycles. The summed E-state index contributed by atoms with van der Waals surface area (Å²) in [5.41, 5.74) is 0.0684. The van der Waals surface area contributed by atoms with Gasteiger partial charge in [0.05, 0.1) is 5.01 Å². The highest BCUT2D eigenvalue weighted by Gasteiger charge is 2.37. The third-order valence-electron chi connectivity index (χ3n) is 5.24. The maximum atomic E-state index is 9.59. The topological polar surface area (TPSA) is 45.1 Å². The van der Waals surface area contributed by atoms with Crippen LogP contribution in [0, 0.1) is 5.41 Å². The molecule has 0 aromatic carbocycles. The van der Waals surface area contributed by atoms with E-state index in [1.165, 1.54) is 48.4 Å². The van der Waals surface area contributed by atoms with E-state index in [-0.39, 0.29) is 5.41 Å². The van der Waals surface area contributed by atoms with Gasteiger partial charge in [0, 0.05) is 41.6 Å². The van der Waals surface area contributed by atoms with Crippen LogP contribution in [0.1, 0.15) is 67.7 Å². The van der Waals surface area contributed by atoms with E-state index >= 15 is 0 Å². The Morgan fingerprint density at radius 3 is 2.90 bits per heavy atom. The molecule has 1 aromatic heterocycles. The van der Waals surface area contributed by atoms with Crippen molar-refractivity contribution in [2.75, 3.05) is 6.61 Å². The van der Waals surface area contributed by atoms with Gasteiger partial charge < -0.3 is 10.4 Å². The Kier molecular flexibility index (Phi) is 4.43. The van der Waals surface area contributed by atoms with Gasteiger partial charge in [-0.3, -0.25) is 0 Å². The molecule has 2 unspecified atom stereocenters. The van der Waals surface area contributed by atoms with Crippen LogP contribution in [0.3, 0.4) is 0 Å². The Balaban J connectivity index is 1.56. The number of hydrogen-bond acceptors (Lipinski definition) is 4. The molecule has 2 fully saturated rings. The molecular formula is C16H26N2OS. The molecule has 0 radical (unpaired) electrons. The maximum Gasteiger partial charge on any atom is 0.0959 e. The van der Waals surface area contributed by atoms with E-state index in [9.17, 15) is 5.11 Å². The molecule has 2 atom stereocenters. The fourth-order valence-corrected chi connectivity index (χ4v) is 4.80. The zero-order valence-electron chi connectivity index (χ0n) is 12.4. The quantitative estimate of drug-likeness (QED) is 0.874. The Hall–Kier alpha value is -0.450. The molecule has 0 bridgehead atoms. The normalized spacial score (nSPS) is 31.2. The van der Waals surface area contributed by atoms with Gasteiger partial charge in [0.25, 0.3) is 0 Å². The van der Waals surface area contributed by atoms with Crippen LogP contribution < -0.4 is 5.32 Å². The summed E-state index contributed by atoms with van der Waals surface area (Å²) in [6.07, 6.45) is 11.0. The molecule has 2 N–H and O–H groups in total. The number of aromatic nitrogens is 1. The van der Waals surface area contributed by atoms with Crippen LogP contribution in [0.5, 0.6) is 0 Å². The van der Waals surface area contributed by atoms with Crippen molar-refractivity contribution >= 4 is 11.3 Å². The number of rotatable bonds is 5. The summed E-state index contributed by atoms with van der Waals surface area (Å²) < 4.78 is 0. The summed E-state index contributed by atoms with van der Waals surface area (Å²) in [5, 5.41) is 14.6. The number of nitrogens with one attached hydrogen (secondary N) is 1. The van der Waals surface area contributed by atoms with Crippen molar-refractivity contribution < 1.29 is 5.11 Å². The van der Waals surface area contributed by atoms with Gasteiger partial charge in [-0.2, -0.15) is 0 Å². The van der Waals surface area contributed by atoms with E-state index in [4.69, 9.17) is 0 Å². The first-order chi connectivity index (χ1) is 9.71. The first-order valence-electron chi connectivity index (χ1n) is 8.00. The third-order valence-corrected chi connectivity index (χ3v) is 6.40. The van der Waals surface area contributed by atoms with Crippen molar-refractivity contribution in [1.29, 1.82) is 0 Å². The van der Waals surface area contributed by atoms with Gasteiger partial charge in [-0.05, 0) is 25.7 Å². The van der Waals surface area contributed by atoms with Crippen LogP contribution in [0.15, 0.2) is 6.20 Å². The highest BCUT2D eigenvalue weighted by molar-refractivity contribution is 7.11. The van der Waals surface area contributed by atoms with Crippen molar-refractivity contribution in [2.24, 2.45) is 5.41 Å². The zero-order chi connectivity index (χ0) is 14.0. The van der Waals surface area contributed by atoms with E-state index in [2.05, 4.69) is 23.4 Å². The third kappa shape index (κ3) is 2.92. The van der Waals surface area contributed by atoms with Crippen LogP contribution in [-0.2, 0) is 6.54 Å². The monoisotopic (exact) mass is 294 g/mol. The molecule has 2 saturated carbocycles. The van der Waals surface area contributed by atoms with Crippen LogP contribution in [-0.4, -0.2) is 22.7 Å². The highest BCUT2D eigenvalue weighted by Crippen LogP contribution is 2.38. The highest BCUT2D eigenvalue weighted by atomic mass is 32.1. The predicted molar refractivity (Wildman–Crippen MR) is 83.0 cm³/mol. The average molecular weight is 294 g/mol. The molecule has 1 heterocycles. The molecule has 1 aromatic rings. The fourth-order valence-electron chi connectivity index (χ4n) is 3.76. The summed E-state index contributed by atoms with van der Waals surface area (Å²) in [6.45, 7) is 3.40. The summed E-state index contributed by atoms with van der Waals surface area (Å²) in [7, 11) is 0. The van der Waals surface area contributed by atoms with Crippen molar-refractivity contribution in [3.05, 3.63) is 16.1 Å². The number of aliphatic hydroxyl groups is 1. The molecule has 3 rings (SSSR count). The van der Waals surface area contributed by atoms with E-state index in [0.717, 1.165) is 18.9 Å². The zero-order valence-corrected chi connectivity index (χ0v) is 13.2. The minimum atomic E-state index is 0.0684. The summed E-state index contributed by atoms with van der Waals surface area (Å²) in [5.74, 6) is 0.725. The number of aliphatic hydroxyl groups excluding tert-OH is 1. The van der Waals surface area contributed by atoms with E-state index in [1.54, 1.807) is 0 Å². The average Bonchev–Trinajstić information content (AvgIpc) is 3.17. The fraction of sp³-hybridized carbons (Fsp3) is 0.812. The van der Waals surface area contributed by atoms with Crippen molar-refractivity contribution in [3.63, 3.8) is 0 Å². The summed E-state index contributed by atoms with van der Waals surface area (Å²) in [6, 6.07) is 0.449. The molecule has 0 saturated heterocycles. The Morgan fingerprint density at radius 1 is 1.35 bits per heavy atom. The minimum Gasteiger partial charge on any atom is -0.396 e. The van der Waals surface area contributed by atoms with Gasteiger partial charge in [0.15, 0.2) is 0 Å². The van der Waals surface area contributed by atoms with E-state index in [1.807, 2.05) is 11.3 Å². The second kappa shape index (κ2) is 6.12. The molecule has 2 aliphatic carbocycles. The number of thiazole rings is 1. The lowest BCUT2D eigenvalue weighted by Gasteiger charge is -2.30. The molecule has 2 aliphatic rings.